The maximum atomic E-state index is 10.3. The fourth-order valence-corrected chi connectivity index (χ4v) is 3.57. The number of rotatable bonds is 1. The molecular formula is C14H7BrN4OS. The van der Waals surface area contributed by atoms with Crippen molar-refractivity contribution in [1.29, 1.82) is 0 Å². The number of thiophene rings is 1. The smallest absolute Gasteiger partial charge is 0.143 e. The topological polar surface area (TPSA) is 70.2 Å². The number of aromatic nitrogens is 1. The molecule has 4 rings (SSSR count). The van der Waals surface area contributed by atoms with Gasteiger partial charge in [-0.3, -0.25) is 0 Å². The first-order valence-electron chi connectivity index (χ1n) is 6.09. The first kappa shape index (κ1) is 12.6. The molecule has 1 aliphatic heterocycles. The predicted octanol–water partition coefficient (Wildman–Crippen LogP) is 3.23. The minimum absolute atomic E-state index is 0.252. The van der Waals surface area contributed by atoms with Gasteiger partial charge in [0, 0.05) is 10.7 Å². The lowest BCUT2D eigenvalue weighted by molar-refractivity contribution is 0.482. The molecule has 0 saturated carbocycles. The van der Waals surface area contributed by atoms with Gasteiger partial charge in [0.1, 0.15) is 21.6 Å². The van der Waals surface area contributed by atoms with Crippen LogP contribution in [0.25, 0.3) is 16.3 Å². The molecule has 0 radical (unpaired) electrons. The van der Waals surface area contributed by atoms with E-state index in [1.807, 2.05) is 30.3 Å². The summed E-state index contributed by atoms with van der Waals surface area (Å²) >= 11 is 4.95. The molecular weight excluding hydrogens is 352 g/mol. The molecule has 102 valence electrons. The van der Waals surface area contributed by atoms with Crippen molar-refractivity contribution in [2.24, 2.45) is 15.4 Å². The molecule has 0 aliphatic carbocycles. The molecule has 5 nitrogen and oxygen atoms in total. The highest BCUT2D eigenvalue weighted by atomic mass is 79.9. The van der Waals surface area contributed by atoms with Gasteiger partial charge in [-0.05, 0) is 40.8 Å². The summed E-state index contributed by atoms with van der Waals surface area (Å²) in [6.07, 6.45) is 3.62. The summed E-state index contributed by atoms with van der Waals surface area (Å²) in [5.41, 5.74) is 0.725. The van der Waals surface area contributed by atoms with Crippen molar-refractivity contribution >= 4 is 49.2 Å². The molecule has 3 heterocycles. The van der Waals surface area contributed by atoms with Gasteiger partial charge >= 0.3 is 0 Å². The number of pyridine rings is 1. The van der Waals surface area contributed by atoms with E-state index in [1.54, 1.807) is 6.20 Å². The fraction of sp³-hybridized carbons (Fsp3) is 0. The van der Waals surface area contributed by atoms with Crippen LogP contribution in [0.5, 0.6) is 5.75 Å². The van der Waals surface area contributed by atoms with Crippen LogP contribution < -0.4 is 10.6 Å². The van der Waals surface area contributed by atoms with Crippen LogP contribution in [0.2, 0.25) is 0 Å². The van der Waals surface area contributed by atoms with E-state index in [0.717, 1.165) is 35.8 Å². The Hall–Kier alpha value is -2.12. The predicted molar refractivity (Wildman–Crippen MR) is 84.3 cm³/mol. The monoisotopic (exact) mass is 358 g/mol. The molecule has 0 spiro atoms. The molecule has 0 saturated heterocycles. The van der Waals surface area contributed by atoms with Crippen molar-refractivity contribution in [1.82, 2.24) is 4.98 Å². The van der Waals surface area contributed by atoms with Crippen LogP contribution in [-0.2, 0) is 0 Å². The minimum Gasteiger partial charge on any atom is -0.506 e. The summed E-state index contributed by atoms with van der Waals surface area (Å²) in [5, 5.41) is 24.2. The van der Waals surface area contributed by atoms with Gasteiger partial charge in [-0.25, -0.2) is 4.98 Å². The first-order valence-corrected chi connectivity index (χ1v) is 7.70. The van der Waals surface area contributed by atoms with Crippen LogP contribution in [0, 0.1) is 0 Å². The highest BCUT2D eigenvalue weighted by Gasteiger charge is 2.10. The van der Waals surface area contributed by atoms with E-state index >= 15 is 0 Å². The molecule has 21 heavy (non-hydrogen) atoms. The number of benzene rings is 1. The van der Waals surface area contributed by atoms with Gasteiger partial charge in [-0.15, -0.1) is 21.6 Å². The van der Waals surface area contributed by atoms with E-state index < -0.39 is 0 Å². The van der Waals surface area contributed by atoms with Gasteiger partial charge in [0.05, 0.1) is 10.3 Å². The molecule has 0 atom stereocenters. The molecule has 0 unspecified atom stereocenters. The van der Waals surface area contributed by atoms with Gasteiger partial charge in [-0.2, -0.15) is 0 Å². The van der Waals surface area contributed by atoms with Crippen molar-refractivity contribution in [2.75, 3.05) is 0 Å². The quantitative estimate of drug-likeness (QED) is 0.725. The number of hydrogen-bond donors (Lipinski definition) is 1. The van der Waals surface area contributed by atoms with Crippen LogP contribution in [0.1, 0.15) is 4.88 Å². The van der Waals surface area contributed by atoms with Gasteiger partial charge in [-0.1, -0.05) is 15.9 Å². The maximum absolute atomic E-state index is 10.3. The minimum atomic E-state index is 0.252. The van der Waals surface area contributed by atoms with Crippen molar-refractivity contribution in [2.45, 2.75) is 0 Å². The summed E-state index contributed by atoms with van der Waals surface area (Å²) in [5.74, 6) is 0.252. The van der Waals surface area contributed by atoms with Crippen LogP contribution in [0.15, 0.2) is 50.4 Å². The van der Waals surface area contributed by atoms with Crippen LogP contribution in [-0.4, -0.2) is 10.1 Å². The second kappa shape index (κ2) is 4.71. The SMILES string of the molecule is Oc1c(/C=c2\cc3c(cc2Br)=NN=N3)sc2ncccc12. The number of nitrogens with zero attached hydrogens (tertiary/aromatic N) is 4. The molecule has 7 heteroatoms. The molecule has 1 aromatic carbocycles. The lowest BCUT2D eigenvalue weighted by Gasteiger charge is -1.95. The molecule has 1 aliphatic rings. The number of halogens is 1. The normalized spacial score (nSPS) is 13.7. The Bertz CT molecular complexity index is 1030. The van der Waals surface area contributed by atoms with E-state index in [9.17, 15) is 5.11 Å². The molecule has 0 fully saturated rings. The fourth-order valence-electron chi connectivity index (χ4n) is 2.13. The second-order valence-electron chi connectivity index (χ2n) is 4.47. The Morgan fingerprint density at radius 1 is 1.29 bits per heavy atom. The number of fused-ring (bicyclic) bond motifs is 2. The third-order valence-corrected chi connectivity index (χ3v) is 4.89. The first-order chi connectivity index (χ1) is 10.2. The third-order valence-electron chi connectivity index (χ3n) is 3.15. The molecule has 3 aromatic rings. The van der Waals surface area contributed by atoms with Gasteiger partial charge in [0.25, 0.3) is 0 Å². The summed E-state index contributed by atoms with van der Waals surface area (Å²) in [6.45, 7) is 0. The molecule has 1 N–H and O–H groups in total. The summed E-state index contributed by atoms with van der Waals surface area (Å²) in [6, 6.07) is 7.42. The summed E-state index contributed by atoms with van der Waals surface area (Å²) < 4.78 is 0.877. The Kier molecular flexibility index (Phi) is 2.83. The zero-order valence-corrected chi connectivity index (χ0v) is 12.9. The van der Waals surface area contributed by atoms with Crippen molar-refractivity contribution in [3.63, 3.8) is 0 Å². The molecule has 0 amide bonds. The summed E-state index contributed by atoms with van der Waals surface area (Å²) in [4.78, 5) is 5.84. The lowest BCUT2D eigenvalue weighted by Crippen LogP contribution is -2.09. The van der Waals surface area contributed by atoms with Crippen molar-refractivity contribution in [3.8, 4) is 5.75 Å². The van der Waals surface area contributed by atoms with Crippen LogP contribution in [0.4, 0.5) is 5.69 Å². The van der Waals surface area contributed by atoms with Crippen molar-refractivity contribution < 1.29 is 5.11 Å². The zero-order chi connectivity index (χ0) is 14.4. The molecule has 0 bridgehead atoms. The standard InChI is InChI=1S/C14H7BrN4OS/c15-9-6-11-10(17-19-18-11)4-7(9)5-12-13(20)8-2-1-3-16-14(8)21-12/h1-6,20H/b7-5+. The Balaban J connectivity index is 1.97. The van der Waals surface area contributed by atoms with Crippen LogP contribution in [0.3, 0.4) is 0 Å². The van der Waals surface area contributed by atoms with E-state index in [-0.39, 0.29) is 5.75 Å². The van der Waals surface area contributed by atoms with Crippen molar-refractivity contribution in [3.05, 3.63) is 50.4 Å². The Labute approximate surface area is 131 Å². The highest BCUT2D eigenvalue weighted by Crippen LogP contribution is 2.35. The van der Waals surface area contributed by atoms with E-state index in [0.29, 0.717) is 0 Å². The number of aromatic hydroxyl groups is 1. The Morgan fingerprint density at radius 2 is 2.19 bits per heavy atom. The lowest BCUT2D eigenvalue weighted by atomic mass is 10.2. The second-order valence-corrected chi connectivity index (χ2v) is 6.35. The largest absolute Gasteiger partial charge is 0.506 e. The van der Waals surface area contributed by atoms with E-state index in [4.69, 9.17) is 0 Å². The van der Waals surface area contributed by atoms with Gasteiger partial charge < -0.3 is 5.11 Å². The van der Waals surface area contributed by atoms with E-state index in [2.05, 4.69) is 36.4 Å². The van der Waals surface area contributed by atoms with Gasteiger partial charge in [0.2, 0.25) is 0 Å². The Morgan fingerprint density at radius 3 is 3.05 bits per heavy atom. The average Bonchev–Trinajstić information content (AvgIpc) is 3.05. The van der Waals surface area contributed by atoms with Gasteiger partial charge in [0.15, 0.2) is 0 Å². The van der Waals surface area contributed by atoms with E-state index in [1.165, 1.54) is 11.3 Å². The van der Waals surface area contributed by atoms with Crippen LogP contribution >= 0.6 is 27.3 Å². The number of hydrogen-bond acceptors (Lipinski definition) is 6. The third kappa shape index (κ3) is 2.05. The maximum Gasteiger partial charge on any atom is 0.143 e. The summed E-state index contributed by atoms with van der Waals surface area (Å²) in [7, 11) is 0. The molecule has 2 aromatic heterocycles. The highest BCUT2D eigenvalue weighted by molar-refractivity contribution is 9.10. The zero-order valence-electron chi connectivity index (χ0n) is 10.5. The average molecular weight is 359 g/mol.